The third-order valence-corrected chi connectivity index (χ3v) is 7.50. The topological polar surface area (TPSA) is 65.0 Å². The Bertz CT molecular complexity index is 789. The van der Waals surface area contributed by atoms with E-state index in [1.165, 1.54) is 18.2 Å². The number of halogens is 2. The minimum Gasteiger partial charge on any atom is -0.354 e. The Labute approximate surface area is 160 Å². The van der Waals surface area contributed by atoms with Gasteiger partial charge in [0.15, 0.2) is 15.8 Å². The summed E-state index contributed by atoms with van der Waals surface area (Å²) in [5, 5.41) is 3.14. The lowest BCUT2D eigenvalue weighted by molar-refractivity contribution is 0.277. The van der Waals surface area contributed by atoms with E-state index in [2.05, 4.69) is 10.3 Å². The summed E-state index contributed by atoms with van der Waals surface area (Å²) in [5.74, 6) is -0.646. The van der Waals surface area contributed by atoms with Gasteiger partial charge < -0.3 is 15.1 Å². The van der Waals surface area contributed by atoms with Crippen LogP contribution in [0, 0.1) is 11.6 Å². The normalized spacial score (nSPS) is 20.6. The molecule has 1 atom stereocenters. The third kappa shape index (κ3) is 4.57. The first-order valence-corrected chi connectivity index (χ1v) is 10.4. The second-order valence-electron chi connectivity index (χ2n) is 7.54. The Balaban J connectivity index is 2.17. The Morgan fingerprint density at radius 1 is 1.33 bits per heavy atom. The number of nitrogens with zero attached hydrogens (tertiary/aromatic N) is 3. The summed E-state index contributed by atoms with van der Waals surface area (Å²) in [7, 11) is 1.93. The lowest BCUT2D eigenvalue weighted by Crippen LogP contribution is -2.57. The highest BCUT2D eigenvalue weighted by atomic mass is 32.2. The zero-order valence-corrected chi connectivity index (χ0v) is 17.3. The van der Waals surface area contributed by atoms with Crippen molar-refractivity contribution in [1.82, 2.24) is 15.1 Å². The van der Waals surface area contributed by atoms with E-state index in [0.717, 1.165) is 0 Å². The van der Waals surface area contributed by atoms with Gasteiger partial charge in [-0.1, -0.05) is 6.07 Å². The number of nitrogens with one attached hydrogen (secondary N) is 1. The molecule has 0 spiro atoms. The molecule has 1 fully saturated rings. The van der Waals surface area contributed by atoms with Crippen LogP contribution in [0.5, 0.6) is 0 Å². The second kappa shape index (κ2) is 8.10. The van der Waals surface area contributed by atoms with Crippen LogP contribution >= 0.6 is 0 Å². The maximum atomic E-state index is 14.2. The zero-order chi connectivity index (χ0) is 20.4. The van der Waals surface area contributed by atoms with Gasteiger partial charge in [0.2, 0.25) is 0 Å². The lowest BCUT2D eigenvalue weighted by Gasteiger charge is -2.39. The van der Waals surface area contributed by atoms with Crippen molar-refractivity contribution in [3.63, 3.8) is 0 Å². The molecule has 1 aromatic carbocycles. The van der Waals surface area contributed by atoms with Gasteiger partial charge in [0.25, 0.3) is 0 Å². The molecule has 6 nitrogen and oxygen atoms in total. The van der Waals surface area contributed by atoms with Crippen molar-refractivity contribution in [3.05, 3.63) is 35.4 Å². The predicted octanol–water partition coefficient (Wildman–Crippen LogP) is 1.65. The Kier molecular flexibility index (Phi) is 6.47. The van der Waals surface area contributed by atoms with Gasteiger partial charge in [-0.15, -0.1) is 0 Å². The summed E-state index contributed by atoms with van der Waals surface area (Å²) < 4.78 is 51.9. The van der Waals surface area contributed by atoms with Crippen molar-refractivity contribution in [3.8, 4) is 0 Å². The van der Waals surface area contributed by atoms with Crippen LogP contribution in [-0.2, 0) is 9.84 Å². The average Bonchev–Trinajstić information content (AvgIpc) is 2.56. The summed E-state index contributed by atoms with van der Waals surface area (Å²) in [4.78, 5) is 7.82. The summed E-state index contributed by atoms with van der Waals surface area (Å²) in [5.41, 5.74) is -0.00740. The molecule has 1 heterocycles. The van der Waals surface area contributed by atoms with Gasteiger partial charge in [0.1, 0.15) is 11.6 Å². The Morgan fingerprint density at radius 2 is 1.93 bits per heavy atom. The Morgan fingerprint density at radius 3 is 2.41 bits per heavy atom. The van der Waals surface area contributed by atoms with Gasteiger partial charge in [-0.2, -0.15) is 0 Å². The molecule has 1 aromatic rings. The average molecular weight is 403 g/mol. The lowest BCUT2D eigenvalue weighted by atomic mass is 10.0. The van der Waals surface area contributed by atoms with Crippen molar-refractivity contribution in [2.24, 2.45) is 4.99 Å². The molecule has 0 bridgehead atoms. The highest BCUT2D eigenvalue weighted by molar-refractivity contribution is 7.92. The maximum Gasteiger partial charge on any atom is 0.193 e. The summed E-state index contributed by atoms with van der Waals surface area (Å²) >= 11 is 0. The van der Waals surface area contributed by atoms with Crippen LogP contribution in [0.1, 0.15) is 25.5 Å². The van der Waals surface area contributed by atoms with Crippen LogP contribution in [0.25, 0.3) is 0 Å². The van der Waals surface area contributed by atoms with E-state index in [1.807, 2.05) is 4.90 Å². The molecule has 1 N–H and O–H groups in total. The van der Waals surface area contributed by atoms with Crippen LogP contribution < -0.4 is 5.32 Å². The number of sulfone groups is 1. The van der Waals surface area contributed by atoms with E-state index in [-0.39, 0.29) is 17.9 Å². The van der Waals surface area contributed by atoms with Crippen molar-refractivity contribution in [2.45, 2.75) is 24.6 Å². The molecule has 27 heavy (non-hydrogen) atoms. The largest absolute Gasteiger partial charge is 0.354 e. The number of aliphatic imine (C=N–C) groups is 1. The molecule has 0 amide bonds. The van der Waals surface area contributed by atoms with E-state index in [9.17, 15) is 17.2 Å². The molecule has 1 aliphatic heterocycles. The number of guanidine groups is 1. The van der Waals surface area contributed by atoms with Crippen LogP contribution in [0.2, 0.25) is 0 Å². The first kappa shape index (κ1) is 21.6. The minimum atomic E-state index is -3.17. The maximum absolute atomic E-state index is 14.2. The number of rotatable bonds is 4. The van der Waals surface area contributed by atoms with E-state index in [4.69, 9.17) is 0 Å². The van der Waals surface area contributed by atoms with Gasteiger partial charge >= 0.3 is 0 Å². The smallest absolute Gasteiger partial charge is 0.193 e. The van der Waals surface area contributed by atoms with E-state index >= 15 is 0 Å². The molecule has 0 radical (unpaired) electrons. The number of benzene rings is 1. The monoisotopic (exact) mass is 402 g/mol. The predicted molar refractivity (Wildman–Crippen MR) is 104 cm³/mol. The number of hydrogen-bond acceptors (Lipinski definition) is 4. The fourth-order valence-corrected chi connectivity index (χ4v) is 4.58. The molecular weight excluding hydrogens is 374 g/mol. The molecule has 152 valence electrons. The third-order valence-electron chi connectivity index (χ3n) is 4.96. The standard InChI is InChI=1S/C18H28F2N4O2S/c1-18(2)12-24(9-10-27(18,25)26)17(21-3)22-11-15(23(4)5)16-13(19)7-6-8-14(16)20/h6-8,15H,9-12H2,1-5H3,(H,21,22). The van der Waals surface area contributed by atoms with Gasteiger partial charge in [0.05, 0.1) is 16.5 Å². The SMILES string of the molecule is CN=C(NCC(c1c(F)cccc1F)N(C)C)N1CCS(=O)(=O)C(C)(C)C1. The van der Waals surface area contributed by atoms with E-state index < -0.39 is 32.3 Å². The summed E-state index contributed by atoms with van der Waals surface area (Å²) in [6.45, 7) is 4.24. The second-order valence-corrected chi connectivity index (χ2v) is 10.3. The number of hydrogen-bond donors (Lipinski definition) is 1. The van der Waals surface area contributed by atoms with Crippen LogP contribution in [-0.4, -0.2) is 75.5 Å². The van der Waals surface area contributed by atoms with Gasteiger partial charge in [-0.05, 0) is 40.1 Å². The van der Waals surface area contributed by atoms with E-state index in [1.54, 1.807) is 39.9 Å². The van der Waals surface area contributed by atoms with Crippen LogP contribution in [0.3, 0.4) is 0 Å². The van der Waals surface area contributed by atoms with Crippen molar-refractivity contribution < 1.29 is 17.2 Å². The van der Waals surface area contributed by atoms with Gasteiger partial charge in [0, 0.05) is 32.2 Å². The molecule has 1 unspecified atom stereocenters. The quantitative estimate of drug-likeness (QED) is 0.613. The van der Waals surface area contributed by atoms with Crippen molar-refractivity contribution in [1.29, 1.82) is 0 Å². The van der Waals surface area contributed by atoms with Gasteiger partial charge in [-0.25, -0.2) is 17.2 Å². The Hall–Kier alpha value is -1.74. The molecule has 2 rings (SSSR count). The van der Waals surface area contributed by atoms with E-state index in [0.29, 0.717) is 19.0 Å². The van der Waals surface area contributed by atoms with Crippen LogP contribution in [0.4, 0.5) is 8.78 Å². The fourth-order valence-electron chi connectivity index (χ4n) is 3.22. The first-order valence-electron chi connectivity index (χ1n) is 8.78. The zero-order valence-electron chi connectivity index (χ0n) is 16.5. The molecule has 9 heteroatoms. The van der Waals surface area contributed by atoms with Gasteiger partial charge in [-0.3, -0.25) is 4.99 Å². The highest BCUT2D eigenvalue weighted by Crippen LogP contribution is 2.25. The molecule has 0 saturated carbocycles. The van der Waals surface area contributed by atoms with Crippen molar-refractivity contribution in [2.75, 3.05) is 46.5 Å². The highest BCUT2D eigenvalue weighted by Gasteiger charge is 2.41. The molecule has 1 saturated heterocycles. The molecule has 0 aliphatic carbocycles. The molecule has 1 aliphatic rings. The first-order chi connectivity index (χ1) is 12.5. The summed E-state index contributed by atoms with van der Waals surface area (Å²) in [6, 6.07) is 3.26. The molecule has 0 aromatic heterocycles. The van der Waals surface area contributed by atoms with Crippen molar-refractivity contribution >= 4 is 15.8 Å². The molecular formula is C18H28F2N4O2S. The summed E-state index contributed by atoms with van der Waals surface area (Å²) in [6.07, 6.45) is 0. The van der Waals surface area contributed by atoms with Crippen LogP contribution in [0.15, 0.2) is 23.2 Å². The fraction of sp³-hybridized carbons (Fsp3) is 0.611. The number of likely N-dealkylation sites (N-methyl/N-ethyl adjacent to an activating group) is 1. The minimum absolute atomic E-state index is 0.00740.